The highest BCUT2D eigenvalue weighted by Gasteiger charge is 2.12. The number of amides is 1. The zero-order valence-corrected chi connectivity index (χ0v) is 11.5. The fraction of sp³-hybridized carbons (Fsp3) is 0.312. The minimum atomic E-state index is -0.311. The number of carbonyl (C=O) groups excluding carboxylic acids is 1. The Morgan fingerprint density at radius 2 is 1.95 bits per heavy atom. The van der Waals surface area contributed by atoms with E-state index in [0.29, 0.717) is 35.3 Å². The molecule has 1 atom stereocenters. The van der Waals surface area contributed by atoms with E-state index in [1.54, 1.807) is 24.3 Å². The summed E-state index contributed by atoms with van der Waals surface area (Å²) in [5.41, 5.74) is 5.99. The third kappa shape index (κ3) is 3.14. The Morgan fingerprint density at radius 1 is 1.25 bits per heavy atom. The molecular weight excluding hydrogens is 255 g/mol. The highest BCUT2D eigenvalue weighted by atomic mass is 19.1. The molecule has 1 unspecified atom stereocenters. The number of nitrogens with two attached hydrogens (primary N) is 1. The Labute approximate surface area is 118 Å². The Balaban J connectivity index is 2.20. The molecule has 0 saturated carbocycles. The summed E-state index contributed by atoms with van der Waals surface area (Å²) in [7, 11) is 0. The smallest absolute Gasteiger partial charge is 0.251 e. The first-order valence-corrected chi connectivity index (χ1v) is 6.79. The molecule has 3 nitrogen and oxygen atoms in total. The van der Waals surface area contributed by atoms with Gasteiger partial charge in [-0.3, -0.25) is 4.79 Å². The van der Waals surface area contributed by atoms with Gasteiger partial charge in [0, 0.05) is 17.5 Å². The minimum absolute atomic E-state index is 0.176. The van der Waals surface area contributed by atoms with Crippen LogP contribution in [0.15, 0.2) is 36.4 Å². The predicted octanol–water partition coefficient (Wildman–Crippen LogP) is 2.69. The summed E-state index contributed by atoms with van der Waals surface area (Å²) in [4.78, 5) is 12.2. The largest absolute Gasteiger partial charge is 0.352 e. The van der Waals surface area contributed by atoms with Gasteiger partial charge in [-0.2, -0.15) is 0 Å². The zero-order valence-electron chi connectivity index (χ0n) is 11.5. The number of carbonyl (C=O) groups is 1. The first-order valence-electron chi connectivity index (χ1n) is 6.79. The monoisotopic (exact) mass is 274 g/mol. The molecule has 0 aliphatic heterocycles. The third-order valence-corrected chi connectivity index (χ3v) is 3.39. The van der Waals surface area contributed by atoms with Gasteiger partial charge in [0.1, 0.15) is 5.82 Å². The maximum absolute atomic E-state index is 13.7. The molecule has 2 aromatic carbocycles. The lowest BCUT2D eigenvalue weighted by molar-refractivity contribution is 0.0949. The van der Waals surface area contributed by atoms with E-state index in [9.17, 15) is 9.18 Å². The van der Waals surface area contributed by atoms with Crippen LogP contribution in [0.1, 0.15) is 23.7 Å². The highest BCUT2D eigenvalue weighted by Crippen LogP contribution is 2.21. The van der Waals surface area contributed by atoms with E-state index < -0.39 is 0 Å². The molecule has 0 heterocycles. The van der Waals surface area contributed by atoms with Gasteiger partial charge in [-0.1, -0.05) is 31.2 Å². The van der Waals surface area contributed by atoms with Crippen LogP contribution in [0, 0.1) is 11.7 Å². The molecule has 2 aromatic rings. The second-order valence-electron chi connectivity index (χ2n) is 5.03. The molecule has 106 valence electrons. The van der Waals surface area contributed by atoms with Crippen LogP contribution in [0.25, 0.3) is 10.8 Å². The Hall–Kier alpha value is -1.94. The Kier molecular flexibility index (Phi) is 4.69. The summed E-state index contributed by atoms with van der Waals surface area (Å²) in [6.45, 7) is 3.22. The van der Waals surface area contributed by atoms with Crippen LogP contribution < -0.4 is 11.1 Å². The van der Waals surface area contributed by atoms with Crippen molar-refractivity contribution in [1.82, 2.24) is 5.32 Å². The van der Waals surface area contributed by atoms with Crippen LogP contribution in [0.5, 0.6) is 0 Å². The average molecular weight is 274 g/mol. The number of hydrogen-bond acceptors (Lipinski definition) is 2. The second kappa shape index (κ2) is 6.48. The normalized spacial score (nSPS) is 12.3. The van der Waals surface area contributed by atoms with Crippen molar-refractivity contribution in [2.75, 3.05) is 13.1 Å². The van der Waals surface area contributed by atoms with E-state index in [-0.39, 0.29) is 11.7 Å². The molecule has 20 heavy (non-hydrogen) atoms. The lowest BCUT2D eigenvalue weighted by Crippen LogP contribution is -2.29. The van der Waals surface area contributed by atoms with E-state index >= 15 is 0 Å². The van der Waals surface area contributed by atoms with Gasteiger partial charge < -0.3 is 11.1 Å². The standard InChI is InChI=1S/C16H19FN2O/c1-11(8-9-18)10-19-16(20)14-6-7-15(17)13-5-3-2-4-12(13)14/h2-7,11H,8-10,18H2,1H3,(H,19,20). The third-order valence-electron chi connectivity index (χ3n) is 3.39. The lowest BCUT2D eigenvalue weighted by Gasteiger charge is -2.12. The van der Waals surface area contributed by atoms with E-state index in [1.807, 2.05) is 6.92 Å². The van der Waals surface area contributed by atoms with Crippen molar-refractivity contribution in [3.8, 4) is 0 Å². The fourth-order valence-corrected chi connectivity index (χ4v) is 2.21. The number of fused-ring (bicyclic) bond motifs is 1. The quantitative estimate of drug-likeness (QED) is 0.880. The van der Waals surface area contributed by atoms with Crippen LogP contribution in [-0.2, 0) is 0 Å². The van der Waals surface area contributed by atoms with Gasteiger partial charge in [0.05, 0.1) is 0 Å². The zero-order chi connectivity index (χ0) is 14.5. The molecular formula is C16H19FN2O. The van der Waals surface area contributed by atoms with Crippen LogP contribution >= 0.6 is 0 Å². The van der Waals surface area contributed by atoms with Crippen LogP contribution in [0.3, 0.4) is 0 Å². The predicted molar refractivity (Wildman–Crippen MR) is 79.1 cm³/mol. The van der Waals surface area contributed by atoms with Crippen molar-refractivity contribution in [3.63, 3.8) is 0 Å². The molecule has 2 rings (SSSR count). The summed E-state index contributed by atoms with van der Waals surface area (Å²) in [6, 6.07) is 9.86. The molecule has 4 heteroatoms. The fourth-order valence-electron chi connectivity index (χ4n) is 2.21. The number of nitrogens with one attached hydrogen (secondary N) is 1. The van der Waals surface area contributed by atoms with E-state index in [4.69, 9.17) is 5.73 Å². The van der Waals surface area contributed by atoms with Crippen molar-refractivity contribution >= 4 is 16.7 Å². The van der Waals surface area contributed by atoms with Gasteiger partial charge >= 0.3 is 0 Å². The minimum Gasteiger partial charge on any atom is -0.352 e. The van der Waals surface area contributed by atoms with Crippen molar-refractivity contribution in [2.24, 2.45) is 11.7 Å². The number of benzene rings is 2. The van der Waals surface area contributed by atoms with Gasteiger partial charge in [0.25, 0.3) is 5.91 Å². The van der Waals surface area contributed by atoms with E-state index in [2.05, 4.69) is 5.32 Å². The molecule has 3 N–H and O–H groups in total. The van der Waals surface area contributed by atoms with Gasteiger partial charge in [-0.25, -0.2) is 4.39 Å². The molecule has 0 aromatic heterocycles. The van der Waals surface area contributed by atoms with Crippen molar-refractivity contribution in [2.45, 2.75) is 13.3 Å². The molecule has 0 aliphatic rings. The number of hydrogen-bond donors (Lipinski definition) is 2. The Morgan fingerprint density at radius 3 is 2.65 bits per heavy atom. The van der Waals surface area contributed by atoms with Gasteiger partial charge in [0.2, 0.25) is 0 Å². The highest BCUT2D eigenvalue weighted by molar-refractivity contribution is 6.07. The molecule has 0 radical (unpaired) electrons. The van der Waals surface area contributed by atoms with Gasteiger partial charge in [-0.05, 0) is 36.4 Å². The summed E-state index contributed by atoms with van der Waals surface area (Å²) >= 11 is 0. The van der Waals surface area contributed by atoms with Crippen molar-refractivity contribution in [1.29, 1.82) is 0 Å². The summed E-state index contributed by atoms with van der Waals surface area (Å²) in [6.07, 6.45) is 0.866. The summed E-state index contributed by atoms with van der Waals surface area (Å²) < 4.78 is 13.7. The first-order chi connectivity index (χ1) is 9.63. The number of rotatable bonds is 5. The second-order valence-corrected chi connectivity index (χ2v) is 5.03. The SMILES string of the molecule is CC(CCN)CNC(=O)c1ccc(F)c2ccccc12. The molecule has 1 amide bonds. The Bertz CT molecular complexity index is 612. The maximum atomic E-state index is 13.7. The molecule has 0 aliphatic carbocycles. The van der Waals surface area contributed by atoms with Crippen molar-refractivity contribution in [3.05, 3.63) is 47.8 Å². The summed E-state index contributed by atoms with van der Waals surface area (Å²) in [5.74, 6) is -0.158. The topological polar surface area (TPSA) is 55.1 Å². The van der Waals surface area contributed by atoms with Gasteiger partial charge in [0.15, 0.2) is 0 Å². The first kappa shape index (κ1) is 14.5. The summed E-state index contributed by atoms with van der Waals surface area (Å²) in [5, 5.41) is 3.98. The molecule has 0 bridgehead atoms. The molecule has 0 spiro atoms. The van der Waals surface area contributed by atoms with Gasteiger partial charge in [-0.15, -0.1) is 0 Å². The lowest BCUT2D eigenvalue weighted by atomic mass is 10.0. The van der Waals surface area contributed by atoms with E-state index in [0.717, 1.165) is 6.42 Å². The van der Waals surface area contributed by atoms with Crippen LogP contribution in [-0.4, -0.2) is 19.0 Å². The molecule has 0 fully saturated rings. The van der Waals surface area contributed by atoms with Crippen LogP contribution in [0.2, 0.25) is 0 Å². The molecule has 0 saturated heterocycles. The maximum Gasteiger partial charge on any atom is 0.251 e. The van der Waals surface area contributed by atoms with Crippen molar-refractivity contribution < 1.29 is 9.18 Å². The average Bonchev–Trinajstić information content (AvgIpc) is 2.46. The van der Waals surface area contributed by atoms with Crippen LogP contribution in [0.4, 0.5) is 4.39 Å². The van der Waals surface area contributed by atoms with E-state index in [1.165, 1.54) is 12.1 Å². The number of halogens is 1.